The molecule has 1 atom stereocenters. The summed E-state index contributed by atoms with van der Waals surface area (Å²) in [6.07, 6.45) is 6.42. The smallest absolute Gasteiger partial charge is 0.135 e. The number of hydrogen-bond acceptors (Lipinski definition) is 5. The van der Waals surface area contributed by atoms with Gasteiger partial charge in [-0.2, -0.15) is 0 Å². The molecule has 1 saturated heterocycles. The minimum atomic E-state index is 0.336. The molecule has 0 bridgehead atoms. The molecule has 0 aliphatic carbocycles. The molecule has 5 heteroatoms. The Bertz CT molecular complexity index is 437. The Morgan fingerprint density at radius 2 is 2.21 bits per heavy atom. The summed E-state index contributed by atoms with van der Waals surface area (Å²) in [5.74, 6) is 1.13. The van der Waals surface area contributed by atoms with E-state index < -0.39 is 0 Å². The third kappa shape index (κ3) is 2.72. The lowest BCUT2D eigenvalue weighted by Gasteiger charge is -2.34. The molecule has 0 spiro atoms. The molecule has 3 rings (SSSR count). The van der Waals surface area contributed by atoms with Crippen molar-refractivity contribution in [1.82, 2.24) is 15.3 Å². The summed E-state index contributed by atoms with van der Waals surface area (Å²) in [4.78, 5) is 11.4. The van der Waals surface area contributed by atoms with Crippen LogP contribution >= 0.6 is 0 Å². The van der Waals surface area contributed by atoms with Gasteiger partial charge < -0.3 is 15.0 Å². The lowest BCUT2D eigenvalue weighted by Crippen LogP contribution is -2.40. The molecule has 0 aromatic carbocycles. The minimum absolute atomic E-state index is 0.336. The van der Waals surface area contributed by atoms with Crippen molar-refractivity contribution >= 4 is 5.82 Å². The first-order valence-corrected chi connectivity index (χ1v) is 7.19. The molecular formula is C14H22N4O. The van der Waals surface area contributed by atoms with Gasteiger partial charge in [0.2, 0.25) is 0 Å². The zero-order chi connectivity index (χ0) is 13.1. The monoisotopic (exact) mass is 262 g/mol. The van der Waals surface area contributed by atoms with Gasteiger partial charge in [-0.1, -0.05) is 0 Å². The van der Waals surface area contributed by atoms with Gasteiger partial charge in [-0.15, -0.1) is 0 Å². The van der Waals surface area contributed by atoms with E-state index in [4.69, 9.17) is 4.74 Å². The SMILES string of the molecule is CO[C@H]1CCCN(c2ncnc3c2CCNCC3)C1. The number of anilines is 1. The van der Waals surface area contributed by atoms with Crippen molar-refractivity contribution in [3.05, 3.63) is 17.6 Å². The largest absolute Gasteiger partial charge is 0.380 e. The predicted octanol–water partition coefficient (Wildman–Crippen LogP) is 0.780. The lowest BCUT2D eigenvalue weighted by molar-refractivity contribution is 0.0891. The number of piperidine rings is 1. The van der Waals surface area contributed by atoms with Crippen LogP contribution < -0.4 is 10.2 Å². The van der Waals surface area contributed by atoms with Gasteiger partial charge in [0.25, 0.3) is 0 Å². The molecule has 0 radical (unpaired) electrons. The topological polar surface area (TPSA) is 50.3 Å². The van der Waals surface area contributed by atoms with Crippen molar-refractivity contribution in [2.45, 2.75) is 31.8 Å². The Kier molecular flexibility index (Phi) is 3.94. The molecule has 0 saturated carbocycles. The maximum absolute atomic E-state index is 5.51. The quantitative estimate of drug-likeness (QED) is 0.853. The van der Waals surface area contributed by atoms with Crippen LogP contribution in [-0.4, -0.2) is 49.4 Å². The summed E-state index contributed by atoms with van der Waals surface area (Å²) in [5.41, 5.74) is 2.55. The van der Waals surface area contributed by atoms with Gasteiger partial charge in [-0.05, 0) is 25.8 Å². The molecule has 0 unspecified atom stereocenters. The molecule has 2 aliphatic rings. The highest BCUT2D eigenvalue weighted by atomic mass is 16.5. The number of fused-ring (bicyclic) bond motifs is 1. The van der Waals surface area contributed by atoms with E-state index in [1.165, 1.54) is 17.7 Å². The third-order valence-corrected chi connectivity index (χ3v) is 4.11. The van der Waals surface area contributed by atoms with Crippen LogP contribution in [0.15, 0.2) is 6.33 Å². The fraction of sp³-hybridized carbons (Fsp3) is 0.714. The van der Waals surface area contributed by atoms with E-state index >= 15 is 0 Å². The Hall–Kier alpha value is -1.20. The van der Waals surface area contributed by atoms with Crippen LogP contribution in [-0.2, 0) is 17.6 Å². The Labute approximate surface area is 114 Å². The zero-order valence-corrected chi connectivity index (χ0v) is 11.6. The number of hydrogen-bond donors (Lipinski definition) is 1. The standard InChI is InChI=1S/C14H22N4O/c1-19-11-3-2-8-18(9-11)14-12-4-6-15-7-5-13(12)16-10-17-14/h10-11,15H,2-9H2,1H3/t11-/m0/s1. The summed E-state index contributed by atoms with van der Waals surface area (Å²) in [7, 11) is 1.80. The lowest BCUT2D eigenvalue weighted by atomic mass is 10.1. The van der Waals surface area contributed by atoms with Crippen LogP contribution in [0.1, 0.15) is 24.1 Å². The molecule has 19 heavy (non-hydrogen) atoms. The number of methoxy groups -OCH3 is 1. The van der Waals surface area contributed by atoms with Crippen molar-refractivity contribution in [3.63, 3.8) is 0 Å². The van der Waals surface area contributed by atoms with Gasteiger partial charge in [-0.25, -0.2) is 9.97 Å². The predicted molar refractivity (Wildman–Crippen MR) is 74.6 cm³/mol. The molecule has 1 N–H and O–H groups in total. The van der Waals surface area contributed by atoms with Crippen molar-refractivity contribution in [2.75, 3.05) is 38.2 Å². The van der Waals surface area contributed by atoms with Crippen molar-refractivity contribution in [1.29, 1.82) is 0 Å². The van der Waals surface area contributed by atoms with Gasteiger partial charge >= 0.3 is 0 Å². The normalized spacial score (nSPS) is 23.8. The van der Waals surface area contributed by atoms with Gasteiger partial charge in [0.15, 0.2) is 0 Å². The van der Waals surface area contributed by atoms with E-state index in [1.807, 2.05) is 0 Å². The molecule has 0 amide bonds. The van der Waals surface area contributed by atoms with Gasteiger partial charge in [0.1, 0.15) is 12.1 Å². The van der Waals surface area contributed by atoms with E-state index in [0.717, 1.165) is 51.3 Å². The summed E-state index contributed by atoms with van der Waals surface area (Å²) in [6, 6.07) is 0. The fourth-order valence-corrected chi connectivity index (χ4v) is 3.05. The Morgan fingerprint density at radius 1 is 1.32 bits per heavy atom. The van der Waals surface area contributed by atoms with E-state index in [9.17, 15) is 0 Å². The van der Waals surface area contributed by atoms with Crippen LogP contribution in [0.4, 0.5) is 5.82 Å². The highest BCUT2D eigenvalue weighted by Crippen LogP contribution is 2.25. The van der Waals surface area contributed by atoms with E-state index in [0.29, 0.717) is 6.10 Å². The molecule has 1 aromatic heterocycles. The van der Waals surface area contributed by atoms with E-state index in [-0.39, 0.29) is 0 Å². The molecular weight excluding hydrogens is 240 g/mol. The number of nitrogens with zero attached hydrogens (tertiary/aromatic N) is 3. The second kappa shape index (κ2) is 5.84. The van der Waals surface area contributed by atoms with Crippen LogP contribution in [0.3, 0.4) is 0 Å². The van der Waals surface area contributed by atoms with E-state index in [1.54, 1.807) is 13.4 Å². The highest BCUT2D eigenvalue weighted by Gasteiger charge is 2.24. The maximum Gasteiger partial charge on any atom is 0.135 e. The van der Waals surface area contributed by atoms with Crippen LogP contribution in [0.25, 0.3) is 0 Å². The van der Waals surface area contributed by atoms with Crippen molar-refractivity contribution in [2.24, 2.45) is 0 Å². The summed E-state index contributed by atoms with van der Waals surface area (Å²) < 4.78 is 5.51. The summed E-state index contributed by atoms with van der Waals surface area (Å²) >= 11 is 0. The molecule has 1 fully saturated rings. The van der Waals surface area contributed by atoms with Crippen LogP contribution in [0, 0.1) is 0 Å². The molecule has 104 valence electrons. The maximum atomic E-state index is 5.51. The first-order chi connectivity index (χ1) is 9.38. The number of nitrogens with one attached hydrogen (secondary N) is 1. The molecule has 1 aromatic rings. The third-order valence-electron chi connectivity index (χ3n) is 4.11. The van der Waals surface area contributed by atoms with Gasteiger partial charge in [0, 0.05) is 38.7 Å². The first-order valence-electron chi connectivity index (χ1n) is 7.19. The average Bonchev–Trinajstić information content (AvgIpc) is 2.72. The van der Waals surface area contributed by atoms with Crippen molar-refractivity contribution < 1.29 is 4.74 Å². The second-order valence-electron chi connectivity index (χ2n) is 5.32. The first kappa shape index (κ1) is 12.8. The van der Waals surface area contributed by atoms with Crippen LogP contribution in [0.2, 0.25) is 0 Å². The Morgan fingerprint density at radius 3 is 3.11 bits per heavy atom. The Balaban J connectivity index is 1.87. The summed E-state index contributed by atoms with van der Waals surface area (Å²) in [5, 5.41) is 3.43. The summed E-state index contributed by atoms with van der Waals surface area (Å²) in [6.45, 7) is 4.07. The number of ether oxygens (including phenoxy) is 1. The number of aromatic nitrogens is 2. The average molecular weight is 262 g/mol. The van der Waals surface area contributed by atoms with Gasteiger partial charge in [-0.3, -0.25) is 0 Å². The molecule has 3 heterocycles. The van der Waals surface area contributed by atoms with Gasteiger partial charge in [0.05, 0.1) is 11.8 Å². The fourth-order valence-electron chi connectivity index (χ4n) is 3.05. The molecule has 5 nitrogen and oxygen atoms in total. The highest BCUT2D eigenvalue weighted by molar-refractivity contribution is 5.49. The second-order valence-corrected chi connectivity index (χ2v) is 5.32. The van der Waals surface area contributed by atoms with Crippen LogP contribution in [0.5, 0.6) is 0 Å². The molecule has 2 aliphatic heterocycles. The van der Waals surface area contributed by atoms with E-state index in [2.05, 4.69) is 20.2 Å². The minimum Gasteiger partial charge on any atom is -0.380 e. The van der Waals surface area contributed by atoms with Crippen molar-refractivity contribution in [3.8, 4) is 0 Å². The zero-order valence-electron chi connectivity index (χ0n) is 11.6. The number of rotatable bonds is 2.